The van der Waals surface area contributed by atoms with Gasteiger partial charge in [0.25, 0.3) is 0 Å². The summed E-state index contributed by atoms with van der Waals surface area (Å²) in [6.45, 7) is 1.09. The number of fused-ring (bicyclic) bond motifs is 2. The Labute approximate surface area is 84.3 Å². The van der Waals surface area contributed by atoms with Crippen LogP contribution in [-0.2, 0) is 0 Å². The van der Waals surface area contributed by atoms with E-state index in [1.165, 1.54) is 12.8 Å². The smallest absolute Gasteiger partial charge is 0.0649 e. The topological polar surface area (TPSA) is 15.6 Å². The average Bonchev–Trinajstić information content (AvgIpc) is 2.26. The molecule has 0 bridgehead atoms. The van der Waals surface area contributed by atoms with Crippen LogP contribution in [0.5, 0.6) is 0 Å². The molecule has 3 aliphatic rings. The Morgan fingerprint density at radius 1 is 1.43 bits per heavy atom. The largest absolute Gasteiger partial charge is 0.364 e. The number of aliphatic imine (C=N–C) groups is 1. The second kappa shape index (κ2) is 3.12. The Morgan fingerprint density at radius 2 is 2.43 bits per heavy atom. The molecule has 2 unspecified atom stereocenters. The fourth-order valence-electron chi connectivity index (χ4n) is 2.49. The van der Waals surface area contributed by atoms with Crippen molar-refractivity contribution in [3.8, 4) is 0 Å². The fourth-order valence-corrected chi connectivity index (χ4v) is 2.49. The predicted molar refractivity (Wildman–Crippen MR) is 58.1 cm³/mol. The van der Waals surface area contributed by atoms with Crippen LogP contribution >= 0.6 is 0 Å². The Balaban J connectivity index is 1.86. The fraction of sp³-hybridized carbons (Fsp3) is 0.417. The molecule has 0 amide bonds. The van der Waals surface area contributed by atoms with E-state index in [1.54, 1.807) is 5.57 Å². The van der Waals surface area contributed by atoms with E-state index in [4.69, 9.17) is 0 Å². The third-order valence-corrected chi connectivity index (χ3v) is 3.31. The van der Waals surface area contributed by atoms with Crippen molar-refractivity contribution in [2.45, 2.75) is 18.9 Å². The minimum absolute atomic E-state index is 0.536. The van der Waals surface area contributed by atoms with Gasteiger partial charge in [-0.15, -0.1) is 0 Å². The lowest BCUT2D eigenvalue weighted by atomic mass is 9.82. The quantitative estimate of drug-likeness (QED) is 0.565. The minimum Gasteiger partial charge on any atom is -0.364 e. The number of hydrogen-bond donors (Lipinski definition) is 0. The van der Waals surface area contributed by atoms with Gasteiger partial charge in [-0.25, -0.2) is 0 Å². The highest BCUT2D eigenvalue weighted by atomic mass is 15.2. The van der Waals surface area contributed by atoms with Gasteiger partial charge in [-0.3, -0.25) is 4.99 Å². The Hall–Kier alpha value is -1.31. The van der Waals surface area contributed by atoms with Gasteiger partial charge in [0.05, 0.1) is 6.04 Å². The van der Waals surface area contributed by atoms with E-state index in [-0.39, 0.29) is 0 Å². The SMILES string of the molecule is C1=CCC2CC3C=NC=CN3CC2=C1. The number of piperidine rings is 1. The van der Waals surface area contributed by atoms with Crippen molar-refractivity contribution in [2.24, 2.45) is 10.9 Å². The molecule has 1 aliphatic carbocycles. The van der Waals surface area contributed by atoms with Crippen molar-refractivity contribution in [1.29, 1.82) is 0 Å². The van der Waals surface area contributed by atoms with E-state index in [0.29, 0.717) is 6.04 Å². The van der Waals surface area contributed by atoms with Crippen molar-refractivity contribution in [3.63, 3.8) is 0 Å². The van der Waals surface area contributed by atoms with Crippen molar-refractivity contribution < 1.29 is 0 Å². The van der Waals surface area contributed by atoms with Gasteiger partial charge in [-0.1, -0.05) is 18.2 Å². The normalized spacial score (nSPS) is 33.7. The summed E-state index contributed by atoms with van der Waals surface area (Å²) < 4.78 is 0. The van der Waals surface area contributed by atoms with Crippen LogP contribution in [0, 0.1) is 5.92 Å². The first-order chi connectivity index (χ1) is 6.93. The third kappa shape index (κ3) is 1.22. The van der Waals surface area contributed by atoms with Gasteiger partial charge in [0.15, 0.2) is 0 Å². The van der Waals surface area contributed by atoms with E-state index in [0.717, 1.165) is 12.5 Å². The molecule has 1 saturated heterocycles. The van der Waals surface area contributed by atoms with Crippen LogP contribution in [-0.4, -0.2) is 23.7 Å². The summed E-state index contributed by atoms with van der Waals surface area (Å²) >= 11 is 0. The van der Waals surface area contributed by atoms with Gasteiger partial charge in [-0.05, 0) is 24.3 Å². The molecule has 0 saturated carbocycles. The summed E-state index contributed by atoms with van der Waals surface area (Å²) in [6.07, 6.45) is 15.3. The summed E-state index contributed by atoms with van der Waals surface area (Å²) in [5.74, 6) is 0.763. The molecule has 72 valence electrons. The first kappa shape index (κ1) is 8.04. The highest BCUT2D eigenvalue weighted by Gasteiger charge is 2.29. The molecule has 0 spiro atoms. The molecule has 2 heterocycles. The molecule has 14 heavy (non-hydrogen) atoms. The second-order valence-corrected chi connectivity index (χ2v) is 4.17. The lowest BCUT2D eigenvalue weighted by Gasteiger charge is -2.40. The Morgan fingerprint density at radius 3 is 3.43 bits per heavy atom. The maximum atomic E-state index is 4.21. The van der Waals surface area contributed by atoms with Crippen LogP contribution < -0.4 is 0 Å². The van der Waals surface area contributed by atoms with E-state index >= 15 is 0 Å². The zero-order chi connectivity index (χ0) is 9.38. The van der Waals surface area contributed by atoms with Crippen LogP contribution in [0.4, 0.5) is 0 Å². The van der Waals surface area contributed by atoms with Crippen LogP contribution in [0.15, 0.2) is 41.2 Å². The molecule has 0 aromatic heterocycles. The highest BCUT2D eigenvalue weighted by Crippen LogP contribution is 2.32. The van der Waals surface area contributed by atoms with Crippen LogP contribution in [0.25, 0.3) is 0 Å². The lowest BCUT2D eigenvalue weighted by molar-refractivity contribution is 0.264. The van der Waals surface area contributed by atoms with Gasteiger partial charge >= 0.3 is 0 Å². The average molecular weight is 186 g/mol. The maximum Gasteiger partial charge on any atom is 0.0649 e. The van der Waals surface area contributed by atoms with Crippen LogP contribution in [0.2, 0.25) is 0 Å². The zero-order valence-electron chi connectivity index (χ0n) is 8.13. The number of rotatable bonds is 0. The predicted octanol–water partition coefficient (Wildman–Crippen LogP) is 2.12. The van der Waals surface area contributed by atoms with E-state index in [2.05, 4.69) is 40.5 Å². The monoisotopic (exact) mass is 186 g/mol. The number of nitrogens with zero attached hydrogens (tertiary/aromatic N) is 2. The highest BCUT2D eigenvalue weighted by molar-refractivity contribution is 5.67. The molecule has 1 fully saturated rings. The Bertz CT molecular complexity index is 349. The molecular formula is C12H14N2. The maximum absolute atomic E-state index is 4.21. The second-order valence-electron chi connectivity index (χ2n) is 4.17. The molecule has 0 radical (unpaired) electrons. The molecule has 0 aromatic carbocycles. The molecular weight excluding hydrogens is 172 g/mol. The third-order valence-electron chi connectivity index (χ3n) is 3.31. The number of allylic oxidation sites excluding steroid dienone is 3. The van der Waals surface area contributed by atoms with Crippen molar-refractivity contribution in [1.82, 2.24) is 4.90 Å². The van der Waals surface area contributed by atoms with Crippen LogP contribution in [0.3, 0.4) is 0 Å². The van der Waals surface area contributed by atoms with Crippen molar-refractivity contribution in [2.75, 3.05) is 6.54 Å². The van der Waals surface area contributed by atoms with Gasteiger partial charge in [0.2, 0.25) is 0 Å². The first-order valence-corrected chi connectivity index (χ1v) is 5.25. The molecule has 2 nitrogen and oxygen atoms in total. The number of hydrogen-bond acceptors (Lipinski definition) is 2. The van der Waals surface area contributed by atoms with E-state index in [9.17, 15) is 0 Å². The van der Waals surface area contributed by atoms with Crippen molar-refractivity contribution in [3.05, 3.63) is 36.2 Å². The summed E-state index contributed by atoms with van der Waals surface area (Å²) in [5.41, 5.74) is 1.59. The molecule has 2 aliphatic heterocycles. The van der Waals surface area contributed by atoms with E-state index in [1.807, 2.05) is 6.20 Å². The standard InChI is InChI=1S/C12H14N2/c1-2-4-11-9-14-6-5-13-8-12(14)7-10(11)3-1/h1-2,4-6,8,10,12H,3,7,9H2. The molecule has 3 rings (SSSR count). The molecule has 2 atom stereocenters. The minimum atomic E-state index is 0.536. The van der Waals surface area contributed by atoms with Crippen molar-refractivity contribution >= 4 is 6.21 Å². The molecule has 0 aromatic rings. The summed E-state index contributed by atoms with van der Waals surface area (Å²) in [4.78, 5) is 6.60. The first-order valence-electron chi connectivity index (χ1n) is 5.25. The summed E-state index contributed by atoms with van der Waals surface area (Å²) in [7, 11) is 0. The molecule has 2 heteroatoms. The van der Waals surface area contributed by atoms with E-state index < -0.39 is 0 Å². The van der Waals surface area contributed by atoms with Gasteiger partial charge in [-0.2, -0.15) is 0 Å². The zero-order valence-corrected chi connectivity index (χ0v) is 8.13. The van der Waals surface area contributed by atoms with Crippen LogP contribution in [0.1, 0.15) is 12.8 Å². The van der Waals surface area contributed by atoms with Gasteiger partial charge in [0, 0.05) is 25.2 Å². The lowest BCUT2D eigenvalue weighted by Crippen LogP contribution is -2.42. The van der Waals surface area contributed by atoms with Gasteiger partial charge < -0.3 is 4.90 Å². The summed E-state index contributed by atoms with van der Waals surface area (Å²) in [6, 6.07) is 0.536. The summed E-state index contributed by atoms with van der Waals surface area (Å²) in [5, 5.41) is 0. The Kier molecular flexibility index (Phi) is 1.79. The molecule has 0 N–H and O–H groups in total. The van der Waals surface area contributed by atoms with Gasteiger partial charge in [0.1, 0.15) is 0 Å².